The number of hydrogen-bond donors (Lipinski definition) is 3. The van der Waals surface area contributed by atoms with Gasteiger partial charge in [-0.3, -0.25) is 4.98 Å². The van der Waals surface area contributed by atoms with Crippen LogP contribution in [0, 0.1) is 0 Å². The number of hydrogen-bond acceptors (Lipinski definition) is 4. The molecule has 0 bridgehead atoms. The summed E-state index contributed by atoms with van der Waals surface area (Å²) in [5.74, 6) is 0. The van der Waals surface area contributed by atoms with Crippen molar-refractivity contribution in [2.24, 2.45) is 0 Å². The van der Waals surface area contributed by atoms with Crippen LogP contribution in [0.2, 0.25) is 0 Å². The van der Waals surface area contributed by atoms with Crippen LogP contribution in [0.3, 0.4) is 0 Å². The number of H-pyrrole nitrogens is 1. The predicted molar refractivity (Wildman–Crippen MR) is 43.7 cm³/mol. The van der Waals surface area contributed by atoms with Crippen LogP contribution in [-0.4, -0.2) is 32.1 Å². The highest BCUT2D eigenvalue weighted by Crippen LogP contribution is 2.01. The fourth-order valence-electron chi connectivity index (χ4n) is 0.964. The number of aromatic nitrogens is 3. The Kier molecular flexibility index (Phi) is 1.56. The van der Waals surface area contributed by atoms with Crippen LogP contribution in [0.1, 0.15) is 0 Å². The SMILES string of the molecule is OB(O)c1cnc2cc[nH]c2n1. The van der Waals surface area contributed by atoms with Gasteiger partial charge in [-0.2, -0.15) is 0 Å². The molecule has 2 heterocycles. The van der Waals surface area contributed by atoms with Crippen molar-refractivity contribution in [1.29, 1.82) is 0 Å². The van der Waals surface area contributed by atoms with Crippen molar-refractivity contribution >= 4 is 23.9 Å². The molecule has 6 heteroatoms. The minimum Gasteiger partial charge on any atom is -0.422 e. The van der Waals surface area contributed by atoms with E-state index in [9.17, 15) is 0 Å². The quantitative estimate of drug-likeness (QED) is 0.453. The van der Waals surface area contributed by atoms with E-state index in [1.807, 2.05) is 0 Å². The molecule has 2 rings (SSSR count). The van der Waals surface area contributed by atoms with Crippen LogP contribution in [0.25, 0.3) is 11.2 Å². The third kappa shape index (κ3) is 1.07. The highest BCUT2D eigenvalue weighted by atomic mass is 16.4. The molecule has 2 aromatic heterocycles. The third-order valence-corrected chi connectivity index (χ3v) is 1.55. The van der Waals surface area contributed by atoms with Gasteiger partial charge in [0.05, 0.1) is 5.59 Å². The Morgan fingerprint density at radius 3 is 3.00 bits per heavy atom. The van der Waals surface area contributed by atoms with E-state index in [0.29, 0.717) is 11.2 Å². The van der Waals surface area contributed by atoms with Gasteiger partial charge in [0.15, 0.2) is 5.65 Å². The molecule has 0 saturated carbocycles. The molecule has 0 amide bonds. The fourth-order valence-corrected chi connectivity index (χ4v) is 0.964. The van der Waals surface area contributed by atoms with E-state index in [0.717, 1.165) is 0 Å². The molecular weight excluding hydrogens is 157 g/mol. The lowest BCUT2D eigenvalue weighted by Crippen LogP contribution is -2.32. The number of nitrogens with zero attached hydrogens (tertiary/aromatic N) is 2. The smallest absolute Gasteiger partial charge is 0.422 e. The summed E-state index contributed by atoms with van der Waals surface area (Å²) >= 11 is 0. The van der Waals surface area contributed by atoms with Crippen LogP contribution in [0.4, 0.5) is 0 Å². The molecule has 12 heavy (non-hydrogen) atoms. The van der Waals surface area contributed by atoms with Crippen molar-refractivity contribution in [2.75, 3.05) is 0 Å². The van der Waals surface area contributed by atoms with Gasteiger partial charge in [0.25, 0.3) is 0 Å². The van der Waals surface area contributed by atoms with Crippen molar-refractivity contribution < 1.29 is 10.0 Å². The van der Waals surface area contributed by atoms with Gasteiger partial charge in [0, 0.05) is 12.4 Å². The first-order chi connectivity index (χ1) is 5.77. The van der Waals surface area contributed by atoms with E-state index in [4.69, 9.17) is 10.0 Å². The molecule has 0 aliphatic heterocycles. The standard InChI is InChI=1S/C6H6BN3O2/c11-7(12)5-3-9-4-1-2-8-6(4)10-5/h1-3,11-12H,(H,8,10). The lowest BCUT2D eigenvalue weighted by Gasteiger charge is -1.95. The second-order valence-electron chi connectivity index (χ2n) is 2.38. The summed E-state index contributed by atoms with van der Waals surface area (Å²) in [6.45, 7) is 0. The second kappa shape index (κ2) is 2.58. The van der Waals surface area contributed by atoms with Crippen molar-refractivity contribution in [2.45, 2.75) is 0 Å². The second-order valence-corrected chi connectivity index (χ2v) is 2.38. The maximum absolute atomic E-state index is 8.76. The van der Waals surface area contributed by atoms with Gasteiger partial charge in [-0.15, -0.1) is 0 Å². The zero-order chi connectivity index (χ0) is 8.55. The molecule has 0 radical (unpaired) electrons. The van der Waals surface area contributed by atoms with Crippen molar-refractivity contribution in [1.82, 2.24) is 15.0 Å². The molecule has 0 saturated heterocycles. The first kappa shape index (κ1) is 7.26. The van der Waals surface area contributed by atoms with Gasteiger partial charge < -0.3 is 15.0 Å². The van der Waals surface area contributed by atoms with E-state index in [1.165, 1.54) is 6.20 Å². The molecule has 0 fully saturated rings. The highest BCUT2D eigenvalue weighted by molar-refractivity contribution is 6.57. The maximum Gasteiger partial charge on any atom is 0.509 e. The van der Waals surface area contributed by atoms with E-state index in [2.05, 4.69) is 15.0 Å². The van der Waals surface area contributed by atoms with Crippen LogP contribution in [-0.2, 0) is 0 Å². The summed E-state index contributed by atoms with van der Waals surface area (Å²) in [6, 6.07) is 1.76. The van der Waals surface area contributed by atoms with Crippen LogP contribution in [0.5, 0.6) is 0 Å². The Bertz CT molecular complexity index is 400. The highest BCUT2D eigenvalue weighted by Gasteiger charge is 2.13. The molecule has 0 aliphatic rings. The van der Waals surface area contributed by atoms with Gasteiger partial charge in [-0.1, -0.05) is 0 Å². The van der Waals surface area contributed by atoms with Crippen molar-refractivity contribution in [3.05, 3.63) is 18.5 Å². The van der Waals surface area contributed by atoms with Gasteiger partial charge in [0.1, 0.15) is 5.52 Å². The predicted octanol–water partition coefficient (Wildman–Crippen LogP) is -1.36. The zero-order valence-corrected chi connectivity index (χ0v) is 6.10. The fraction of sp³-hybridized carbons (Fsp3) is 0. The van der Waals surface area contributed by atoms with Gasteiger partial charge in [-0.05, 0) is 6.07 Å². The molecule has 2 aromatic rings. The van der Waals surface area contributed by atoms with Gasteiger partial charge >= 0.3 is 7.12 Å². The van der Waals surface area contributed by atoms with Gasteiger partial charge in [-0.25, -0.2) is 4.98 Å². The number of rotatable bonds is 1. The Morgan fingerprint density at radius 2 is 2.25 bits per heavy atom. The number of nitrogens with one attached hydrogen (secondary N) is 1. The Hall–Kier alpha value is -1.40. The van der Waals surface area contributed by atoms with Crippen LogP contribution >= 0.6 is 0 Å². The summed E-state index contributed by atoms with van der Waals surface area (Å²) in [5.41, 5.74) is 1.41. The molecule has 5 nitrogen and oxygen atoms in total. The zero-order valence-electron chi connectivity index (χ0n) is 6.10. The lowest BCUT2D eigenvalue weighted by atomic mass is 9.87. The maximum atomic E-state index is 8.76. The summed E-state index contributed by atoms with van der Waals surface area (Å²) in [5, 5.41) is 17.5. The Morgan fingerprint density at radius 1 is 1.42 bits per heavy atom. The molecule has 0 atom stereocenters. The largest absolute Gasteiger partial charge is 0.509 e. The molecular formula is C6H6BN3O2. The number of fused-ring (bicyclic) bond motifs is 1. The molecule has 0 spiro atoms. The summed E-state index contributed by atoms with van der Waals surface area (Å²) < 4.78 is 0. The molecule has 60 valence electrons. The van der Waals surface area contributed by atoms with Crippen LogP contribution in [0.15, 0.2) is 18.5 Å². The average Bonchev–Trinajstić information content (AvgIpc) is 2.49. The molecule has 0 aromatic carbocycles. The van der Waals surface area contributed by atoms with E-state index < -0.39 is 7.12 Å². The topological polar surface area (TPSA) is 82.0 Å². The minimum atomic E-state index is -1.56. The summed E-state index contributed by atoms with van der Waals surface area (Å²) in [6.07, 6.45) is 3.03. The van der Waals surface area contributed by atoms with Crippen molar-refractivity contribution in [3.8, 4) is 0 Å². The first-order valence-electron chi connectivity index (χ1n) is 3.43. The third-order valence-electron chi connectivity index (χ3n) is 1.55. The first-order valence-corrected chi connectivity index (χ1v) is 3.43. The summed E-state index contributed by atoms with van der Waals surface area (Å²) in [4.78, 5) is 10.7. The average molecular weight is 163 g/mol. The van der Waals surface area contributed by atoms with E-state index in [-0.39, 0.29) is 5.59 Å². The summed E-state index contributed by atoms with van der Waals surface area (Å²) in [7, 11) is -1.56. The van der Waals surface area contributed by atoms with E-state index in [1.54, 1.807) is 12.3 Å². The van der Waals surface area contributed by atoms with E-state index >= 15 is 0 Å². The Labute approximate surface area is 68.2 Å². The van der Waals surface area contributed by atoms with Crippen LogP contribution < -0.4 is 5.59 Å². The number of aromatic amines is 1. The molecule has 0 unspecified atom stereocenters. The molecule has 3 N–H and O–H groups in total. The minimum absolute atomic E-state index is 0.143. The van der Waals surface area contributed by atoms with Crippen molar-refractivity contribution in [3.63, 3.8) is 0 Å². The lowest BCUT2D eigenvalue weighted by molar-refractivity contribution is 0.424. The Balaban J connectivity index is 2.60. The normalized spacial score (nSPS) is 10.5. The molecule has 0 aliphatic carbocycles. The monoisotopic (exact) mass is 163 g/mol. The van der Waals surface area contributed by atoms with Gasteiger partial charge in [0.2, 0.25) is 0 Å².